The number of anilines is 1. The van der Waals surface area contributed by atoms with Crippen LogP contribution in [-0.4, -0.2) is 15.8 Å². The van der Waals surface area contributed by atoms with Crippen molar-refractivity contribution < 1.29 is 0 Å². The van der Waals surface area contributed by atoms with E-state index in [1.54, 1.807) is 0 Å². The highest BCUT2D eigenvalue weighted by Crippen LogP contribution is 2.11. The van der Waals surface area contributed by atoms with Crippen LogP contribution in [0.4, 0.5) is 5.69 Å². The molecule has 92 valence electrons. The molecule has 1 unspecified atom stereocenters. The van der Waals surface area contributed by atoms with Gasteiger partial charge in [0.2, 0.25) is 0 Å². The lowest BCUT2D eigenvalue weighted by atomic mass is 10.1. The molecule has 0 amide bonds. The van der Waals surface area contributed by atoms with Crippen LogP contribution < -0.4 is 5.32 Å². The Labute approximate surface area is 99.2 Å². The average molecular weight is 223 g/mol. The molecule has 0 saturated heterocycles. The minimum absolute atomic E-state index is 0.548. The lowest BCUT2D eigenvalue weighted by Crippen LogP contribution is -2.14. The van der Waals surface area contributed by atoms with Crippen molar-refractivity contribution in [1.82, 2.24) is 9.78 Å². The SMILES string of the molecule is CCCCCCC(C)Nc1cnn(CC)c1. The zero-order valence-electron chi connectivity index (χ0n) is 10.9. The van der Waals surface area contributed by atoms with Crippen LogP contribution in [0.3, 0.4) is 0 Å². The van der Waals surface area contributed by atoms with Crippen molar-refractivity contribution in [2.75, 3.05) is 5.32 Å². The normalized spacial score (nSPS) is 12.7. The van der Waals surface area contributed by atoms with Gasteiger partial charge in [0.1, 0.15) is 0 Å². The van der Waals surface area contributed by atoms with Crippen molar-refractivity contribution in [2.24, 2.45) is 0 Å². The van der Waals surface area contributed by atoms with E-state index in [2.05, 4.69) is 37.4 Å². The Morgan fingerprint density at radius 2 is 2.12 bits per heavy atom. The minimum Gasteiger partial charge on any atom is -0.380 e. The lowest BCUT2D eigenvalue weighted by molar-refractivity contribution is 0.594. The van der Waals surface area contributed by atoms with Crippen LogP contribution in [0.25, 0.3) is 0 Å². The van der Waals surface area contributed by atoms with Crippen LogP contribution in [0.1, 0.15) is 52.9 Å². The zero-order valence-corrected chi connectivity index (χ0v) is 10.9. The predicted molar refractivity (Wildman–Crippen MR) is 69.7 cm³/mol. The molecule has 0 aromatic carbocycles. The summed E-state index contributed by atoms with van der Waals surface area (Å²) >= 11 is 0. The van der Waals surface area contributed by atoms with Gasteiger partial charge in [-0.2, -0.15) is 5.10 Å². The van der Waals surface area contributed by atoms with Gasteiger partial charge in [0.05, 0.1) is 11.9 Å². The number of unbranched alkanes of at least 4 members (excludes halogenated alkanes) is 3. The fourth-order valence-corrected chi connectivity index (χ4v) is 1.85. The van der Waals surface area contributed by atoms with E-state index in [4.69, 9.17) is 0 Å². The Morgan fingerprint density at radius 1 is 1.31 bits per heavy atom. The van der Waals surface area contributed by atoms with Gasteiger partial charge in [-0.25, -0.2) is 0 Å². The van der Waals surface area contributed by atoms with E-state index in [1.807, 2.05) is 10.9 Å². The van der Waals surface area contributed by atoms with Crippen molar-refractivity contribution in [3.63, 3.8) is 0 Å². The summed E-state index contributed by atoms with van der Waals surface area (Å²) in [4.78, 5) is 0. The van der Waals surface area contributed by atoms with Crippen molar-refractivity contribution >= 4 is 5.69 Å². The maximum Gasteiger partial charge on any atom is 0.0728 e. The smallest absolute Gasteiger partial charge is 0.0728 e. The Morgan fingerprint density at radius 3 is 2.75 bits per heavy atom. The molecule has 1 atom stereocenters. The standard InChI is InChI=1S/C13H25N3/c1-4-6-7-8-9-12(3)15-13-10-14-16(5-2)11-13/h10-12,15H,4-9H2,1-3H3. The van der Waals surface area contributed by atoms with E-state index >= 15 is 0 Å². The molecule has 1 N–H and O–H groups in total. The molecule has 1 rings (SSSR count). The molecule has 1 heterocycles. The van der Waals surface area contributed by atoms with Crippen molar-refractivity contribution in [3.8, 4) is 0 Å². The molecule has 0 aliphatic rings. The van der Waals surface area contributed by atoms with Crippen LogP contribution >= 0.6 is 0 Å². The van der Waals surface area contributed by atoms with Gasteiger partial charge in [0, 0.05) is 18.8 Å². The number of hydrogen-bond donors (Lipinski definition) is 1. The van der Waals surface area contributed by atoms with E-state index in [0.29, 0.717) is 6.04 Å². The molecule has 3 nitrogen and oxygen atoms in total. The number of hydrogen-bond acceptors (Lipinski definition) is 2. The van der Waals surface area contributed by atoms with Crippen molar-refractivity contribution in [3.05, 3.63) is 12.4 Å². The van der Waals surface area contributed by atoms with Crippen LogP contribution in [0.5, 0.6) is 0 Å². The van der Waals surface area contributed by atoms with Gasteiger partial charge in [-0.15, -0.1) is 0 Å². The molecule has 1 aromatic rings. The second-order valence-corrected chi connectivity index (χ2v) is 4.48. The van der Waals surface area contributed by atoms with Crippen molar-refractivity contribution in [1.29, 1.82) is 0 Å². The molecule has 0 saturated carbocycles. The third kappa shape index (κ3) is 4.69. The van der Waals surface area contributed by atoms with Gasteiger partial charge in [0.15, 0.2) is 0 Å². The molecular formula is C13H25N3. The van der Waals surface area contributed by atoms with E-state index in [1.165, 1.54) is 32.1 Å². The summed E-state index contributed by atoms with van der Waals surface area (Å²) < 4.78 is 1.95. The number of rotatable bonds is 8. The quantitative estimate of drug-likeness (QED) is 0.681. The summed E-state index contributed by atoms with van der Waals surface area (Å²) in [6, 6.07) is 0.548. The first-order valence-electron chi connectivity index (χ1n) is 6.55. The molecule has 0 fully saturated rings. The topological polar surface area (TPSA) is 29.9 Å². The largest absolute Gasteiger partial charge is 0.380 e. The summed E-state index contributed by atoms with van der Waals surface area (Å²) in [5.41, 5.74) is 1.14. The fraction of sp³-hybridized carbons (Fsp3) is 0.769. The minimum atomic E-state index is 0.548. The summed E-state index contributed by atoms with van der Waals surface area (Å²) in [6.07, 6.45) is 10.6. The number of aromatic nitrogens is 2. The number of nitrogens with one attached hydrogen (secondary N) is 1. The van der Waals surface area contributed by atoms with E-state index in [-0.39, 0.29) is 0 Å². The predicted octanol–water partition coefficient (Wildman–Crippen LogP) is 3.67. The molecular weight excluding hydrogens is 198 g/mol. The number of aryl methyl sites for hydroxylation is 1. The first-order chi connectivity index (χ1) is 7.76. The van der Waals surface area contributed by atoms with Gasteiger partial charge >= 0.3 is 0 Å². The highest BCUT2D eigenvalue weighted by atomic mass is 15.3. The molecule has 0 spiro atoms. The highest BCUT2D eigenvalue weighted by Gasteiger charge is 2.03. The molecule has 16 heavy (non-hydrogen) atoms. The summed E-state index contributed by atoms with van der Waals surface area (Å²) in [7, 11) is 0. The van der Waals surface area contributed by atoms with Gasteiger partial charge in [-0.05, 0) is 20.3 Å². The number of nitrogens with zero attached hydrogens (tertiary/aromatic N) is 2. The maximum atomic E-state index is 4.25. The van der Waals surface area contributed by atoms with E-state index < -0.39 is 0 Å². The monoisotopic (exact) mass is 223 g/mol. The zero-order chi connectivity index (χ0) is 11.8. The third-order valence-corrected chi connectivity index (χ3v) is 2.86. The molecule has 0 aliphatic carbocycles. The second-order valence-electron chi connectivity index (χ2n) is 4.48. The van der Waals surface area contributed by atoms with Crippen LogP contribution in [0.2, 0.25) is 0 Å². The first-order valence-corrected chi connectivity index (χ1v) is 6.55. The summed E-state index contributed by atoms with van der Waals surface area (Å²) in [5.74, 6) is 0. The third-order valence-electron chi connectivity index (χ3n) is 2.86. The van der Waals surface area contributed by atoms with E-state index in [0.717, 1.165) is 12.2 Å². The molecule has 0 aliphatic heterocycles. The molecule has 1 aromatic heterocycles. The Kier molecular flexibility index (Phi) is 5.98. The molecule has 0 bridgehead atoms. The van der Waals surface area contributed by atoms with Gasteiger partial charge in [-0.1, -0.05) is 32.6 Å². The second kappa shape index (κ2) is 7.31. The summed E-state index contributed by atoms with van der Waals surface area (Å²) in [5, 5.41) is 7.74. The Hall–Kier alpha value is -0.990. The van der Waals surface area contributed by atoms with Gasteiger partial charge in [0.25, 0.3) is 0 Å². The van der Waals surface area contributed by atoms with Crippen LogP contribution in [0.15, 0.2) is 12.4 Å². The molecule has 3 heteroatoms. The fourth-order valence-electron chi connectivity index (χ4n) is 1.85. The Bertz CT molecular complexity index is 280. The first kappa shape index (κ1) is 13.1. The van der Waals surface area contributed by atoms with Crippen LogP contribution in [0, 0.1) is 0 Å². The lowest BCUT2D eigenvalue weighted by Gasteiger charge is -2.13. The van der Waals surface area contributed by atoms with Crippen molar-refractivity contribution in [2.45, 2.75) is 65.5 Å². The highest BCUT2D eigenvalue weighted by molar-refractivity contribution is 5.38. The van der Waals surface area contributed by atoms with Gasteiger partial charge in [-0.3, -0.25) is 4.68 Å². The Balaban J connectivity index is 2.20. The maximum absolute atomic E-state index is 4.25. The summed E-state index contributed by atoms with van der Waals surface area (Å²) in [6.45, 7) is 7.54. The average Bonchev–Trinajstić information content (AvgIpc) is 2.72. The van der Waals surface area contributed by atoms with Crippen LogP contribution in [-0.2, 0) is 6.54 Å². The molecule has 0 radical (unpaired) electrons. The van der Waals surface area contributed by atoms with Gasteiger partial charge < -0.3 is 5.32 Å². The van der Waals surface area contributed by atoms with E-state index in [9.17, 15) is 0 Å².